The van der Waals surface area contributed by atoms with Crippen LogP contribution in [0.25, 0.3) is 0 Å². The monoisotopic (exact) mass is 351 g/mol. The van der Waals surface area contributed by atoms with Gasteiger partial charge in [-0.15, -0.1) is 0 Å². The van der Waals surface area contributed by atoms with Crippen molar-refractivity contribution in [3.8, 4) is 0 Å². The van der Waals surface area contributed by atoms with Crippen molar-refractivity contribution >= 4 is 27.5 Å². The van der Waals surface area contributed by atoms with Crippen LogP contribution in [-0.2, 0) is 0 Å². The van der Waals surface area contributed by atoms with Gasteiger partial charge in [0, 0.05) is 9.50 Å². The first-order valence-corrected chi connectivity index (χ1v) is 7.95. The van der Waals surface area contributed by atoms with Crippen LogP contribution in [0.3, 0.4) is 0 Å². The largest absolute Gasteiger partial charge is 0.306 e. The molecule has 0 aliphatic heterocycles. The van der Waals surface area contributed by atoms with Gasteiger partial charge in [0.2, 0.25) is 0 Å². The Balaban J connectivity index is 2.49. The number of nitrogens with one attached hydrogen (secondary N) is 1. The van der Waals surface area contributed by atoms with E-state index in [1.165, 1.54) is 16.7 Å². The minimum Gasteiger partial charge on any atom is -0.306 e. The summed E-state index contributed by atoms with van der Waals surface area (Å²) in [5, 5.41) is 4.31. The molecule has 2 aromatic rings. The average molecular weight is 353 g/mol. The zero-order chi connectivity index (χ0) is 14.7. The minimum absolute atomic E-state index is 0.124. The Labute approximate surface area is 134 Å². The second kappa shape index (κ2) is 6.75. The number of rotatable bonds is 4. The van der Waals surface area contributed by atoms with Crippen LogP contribution in [0, 0.1) is 13.8 Å². The topological polar surface area (TPSA) is 12.0 Å². The smallest absolute Gasteiger partial charge is 0.0591 e. The first kappa shape index (κ1) is 15.6. The van der Waals surface area contributed by atoms with E-state index in [-0.39, 0.29) is 6.04 Å². The molecular weight excluding hydrogens is 334 g/mol. The fourth-order valence-corrected chi connectivity index (χ4v) is 3.31. The first-order valence-electron chi connectivity index (χ1n) is 6.77. The molecule has 0 aliphatic rings. The highest BCUT2D eigenvalue weighted by molar-refractivity contribution is 9.10. The van der Waals surface area contributed by atoms with E-state index in [9.17, 15) is 0 Å². The summed E-state index contributed by atoms with van der Waals surface area (Å²) >= 11 is 9.88. The highest BCUT2D eigenvalue weighted by atomic mass is 79.9. The number of aryl methyl sites for hydroxylation is 2. The lowest BCUT2D eigenvalue weighted by atomic mass is 9.95. The molecule has 3 heteroatoms. The fraction of sp³-hybridized carbons (Fsp3) is 0.294. The van der Waals surface area contributed by atoms with Gasteiger partial charge in [0.05, 0.1) is 6.04 Å². The van der Waals surface area contributed by atoms with Crippen molar-refractivity contribution in [2.24, 2.45) is 0 Å². The van der Waals surface area contributed by atoms with Gasteiger partial charge in [0.15, 0.2) is 0 Å². The van der Waals surface area contributed by atoms with Crippen molar-refractivity contribution in [1.29, 1.82) is 0 Å². The molecule has 0 heterocycles. The van der Waals surface area contributed by atoms with Crippen LogP contribution < -0.4 is 5.32 Å². The Morgan fingerprint density at radius 2 is 1.75 bits per heavy atom. The van der Waals surface area contributed by atoms with Crippen LogP contribution in [0.4, 0.5) is 0 Å². The Morgan fingerprint density at radius 1 is 1.10 bits per heavy atom. The number of hydrogen-bond acceptors (Lipinski definition) is 1. The highest BCUT2D eigenvalue weighted by Crippen LogP contribution is 2.31. The maximum atomic E-state index is 6.42. The third-order valence-electron chi connectivity index (χ3n) is 3.26. The highest BCUT2D eigenvalue weighted by Gasteiger charge is 2.16. The summed E-state index contributed by atoms with van der Waals surface area (Å²) in [7, 11) is 0. The van der Waals surface area contributed by atoms with Gasteiger partial charge in [-0.05, 0) is 43.7 Å². The summed E-state index contributed by atoms with van der Waals surface area (Å²) in [5.74, 6) is 0. The molecule has 0 spiro atoms. The summed E-state index contributed by atoms with van der Waals surface area (Å²) in [4.78, 5) is 0. The zero-order valence-electron chi connectivity index (χ0n) is 12.0. The summed E-state index contributed by atoms with van der Waals surface area (Å²) in [6.45, 7) is 7.26. The first-order chi connectivity index (χ1) is 9.51. The molecule has 1 unspecified atom stereocenters. The third kappa shape index (κ3) is 3.63. The third-order valence-corrected chi connectivity index (χ3v) is 4.08. The van der Waals surface area contributed by atoms with Gasteiger partial charge in [0.25, 0.3) is 0 Å². The van der Waals surface area contributed by atoms with Gasteiger partial charge in [0.1, 0.15) is 0 Å². The van der Waals surface area contributed by atoms with Crippen molar-refractivity contribution in [2.75, 3.05) is 6.54 Å². The lowest BCUT2D eigenvalue weighted by Gasteiger charge is -2.21. The Hall–Kier alpha value is -0.830. The lowest BCUT2D eigenvalue weighted by molar-refractivity contribution is 0.630. The molecule has 0 bridgehead atoms. The standard InChI is InChI=1S/C17H19BrClN/c1-4-20-17(13-8-11(2)7-12(3)9-13)15-6-5-14(18)10-16(15)19/h5-10,17,20H,4H2,1-3H3. The molecule has 2 rings (SSSR count). The average Bonchev–Trinajstić information content (AvgIpc) is 2.35. The van der Waals surface area contributed by atoms with Crippen molar-refractivity contribution in [1.82, 2.24) is 5.32 Å². The van der Waals surface area contributed by atoms with E-state index in [0.717, 1.165) is 21.6 Å². The van der Waals surface area contributed by atoms with Gasteiger partial charge in [-0.25, -0.2) is 0 Å². The van der Waals surface area contributed by atoms with E-state index in [0.29, 0.717) is 0 Å². The molecule has 0 aromatic heterocycles. The lowest BCUT2D eigenvalue weighted by Crippen LogP contribution is -2.22. The molecule has 0 radical (unpaired) electrons. The molecule has 1 nitrogen and oxygen atoms in total. The van der Waals surface area contributed by atoms with Gasteiger partial charge in [-0.1, -0.05) is 69.8 Å². The van der Waals surface area contributed by atoms with Crippen molar-refractivity contribution in [3.05, 3.63) is 68.1 Å². The molecule has 1 atom stereocenters. The number of benzene rings is 2. The maximum absolute atomic E-state index is 6.42. The zero-order valence-corrected chi connectivity index (χ0v) is 14.3. The van der Waals surface area contributed by atoms with E-state index in [1.54, 1.807) is 0 Å². The molecule has 0 aliphatic carbocycles. The second-order valence-corrected chi connectivity index (χ2v) is 6.40. The number of halogens is 2. The van der Waals surface area contributed by atoms with E-state index >= 15 is 0 Å². The van der Waals surface area contributed by atoms with Crippen LogP contribution in [0.5, 0.6) is 0 Å². The molecule has 0 fully saturated rings. The van der Waals surface area contributed by atoms with Crippen LogP contribution in [0.2, 0.25) is 5.02 Å². The van der Waals surface area contributed by atoms with Gasteiger partial charge < -0.3 is 5.32 Å². The van der Waals surface area contributed by atoms with Crippen LogP contribution in [0.15, 0.2) is 40.9 Å². The van der Waals surface area contributed by atoms with E-state index in [2.05, 4.69) is 66.3 Å². The molecule has 20 heavy (non-hydrogen) atoms. The van der Waals surface area contributed by atoms with E-state index in [4.69, 9.17) is 11.6 Å². The maximum Gasteiger partial charge on any atom is 0.0591 e. The predicted molar refractivity (Wildman–Crippen MR) is 90.6 cm³/mol. The quantitative estimate of drug-likeness (QED) is 0.775. The van der Waals surface area contributed by atoms with Crippen molar-refractivity contribution < 1.29 is 0 Å². The minimum atomic E-state index is 0.124. The predicted octanol–water partition coefficient (Wildman–Crippen LogP) is 5.42. The van der Waals surface area contributed by atoms with E-state index < -0.39 is 0 Å². The molecule has 1 N–H and O–H groups in total. The summed E-state index contributed by atoms with van der Waals surface area (Å²) in [5.41, 5.74) is 4.92. The SMILES string of the molecule is CCNC(c1cc(C)cc(C)c1)c1ccc(Br)cc1Cl. The van der Waals surface area contributed by atoms with Crippen LogP contribution in [0.1, 0.15) is 35.2 Å². The van der Waals surface area contributed by atoms with Crippen LogP contribution >= 0.6 is 27.5 Å². The number of hydrogen-bond donors (Lipinski definition) is 1. The van der Waals surface area contributed by atoms with Gasteiger partial charge in [-0.3, -0.25) is 0 Å². The normalized spacial score (nSPS) is 12.4. The van der Waals surface area contributed by atoms with Gasteiger partial charge >= 0.3 is 0 Å². The second-order valence-electron chi connectivity index (χ2n) is 5.08. The van der Waals surface area contributed by atoms with E-state index in [1.807, 2.05) is 12.1 Å². The van der Waals surface area contributed by atoms with Gasteiger partial charge in [-0.2, -0.15) is 0 Å². The molecule has 0 amide bonds. The molecular formula is C17H19BrClN. The van der Waals surface area contributed by atoms with Crippen molar-refractivity contribution in [3.63, 3.8) is 0 Å². The molecule has 0 saturated carbocycles. The summed E-state index contributed by atoms with van der Waals surface area (Å²) in [6, 6.07) is 12.8. The molecule has 106 valence electrons. The Kier molecular flexibility index (Phi) is 5.25. The molecule has 0 saturated heterocycles. The fourth-order valence-electron chi connectivity index (χ4n) is 2.52. The Bertz CT molecular complexity index is 590. The summed E-state index contributed by atoms with van der Waals surface area (Å²) in [6.07, 6.45) is 0. The molecule has 2 aromatic carbocycles. The van der Waals surface area contributed by atoms with Crippen LogP contribution in [-0.4, -0.2) is 6.54 Å². The Morgan fingerprint density at radius 3 is 2.30 bits per heavy atom. The summed E-state index contributed by atoms with van der Waals surface area (Å²) < 4.78 is 1.00. The van der Waals surface area contributed by atoms with Crippen molar-refractivity contribution in [2.45, 2.75) is 26.8 Å².